The minimum absolute atomic E-state index is 0.0266. The second kappa shape index (κ2) is 9.08. The van der Waals surface area contributed by atoms with Crippen molar-refractivity contribution in [1.29, 1.82) is 0 Å². The average Bonchev–Trinajstić information content (AvgIpc) is 2.70. The number of carbonyl (C=O) groups excluding carboxylic acids is 2. The Hall–Kier alpha value is -2.28. The Kier molecular flexibility index (Phi) is 6.55. The SMILES string of the molecule is CCCC1CC(=O)N(CC(=O)N2CCN(c3ccccc3OC)CC2)CN1. The molecule has 0 bridgehead atoms. The van der Waals surface area contributed by atoms with Crippen LogP contribution in [-0.2, 0) is 9.59 Å². The molecule has 2 aliphatic heterocycles. The van der Waals surface area contributed by atoms with E-state index < -0.39 is 0 Å². The van der Waals surface area contributed by atoms with Crippen LogP contribution in [0.5, 0.6) is 5.75 Å². The van der Waals surface area contributed by atoms with Crippen molar-refractivity contribution < 1.29 is 14.3 Å². The Morgan fingerprint density at radius 2 is 1.96 bits per heavy atom. The van der Waals surface area contributed by atoms with Gasteiger partial charge in [0, 0.05) is 38.6 Å². The van der Waals surface area contributed by atoms with Crippen LogP contribution in [0.2, 0.25) is 0 Å². The van der Waals surface area contributed by atoms with E-state index in [4.69, 9.17) is 4.74 Å². The molecule has 7 nitrogen and oxygen atoms in total. The van der Waals surface area contributed by atoms with Crippen LogP contribution in [0.1, 0.15) is 26.2 Å². The molecule has 2 amide bonds. The monoisotopic (exact) mass is 374 g/mol. The van der Waals surface area contributed by atoms with Gasteiger partial charge in [-0.2, -0.15) is 0 Å². The highest BCUT2D eigenvalue weighted by atomic mass is 16.5. The predicted octanol–water partition coefficient (Wildman–Crippen LogP) is 1.29. The molecule has 0 aliphatic carbocycles. The lowest BCUT2D eigenvalue weighted by Gasteiger charge is -2.38. The molecule has 27 heavy (non-hydrogen) atoms. The molecule has 1 aromatic carbocycles. The van der Waals surface area contributed by atoms with Gasteiger partial charge in [-0.15, -0.1) is 0 Å². The van der Waals surface area contributed by atoms with E-state index in [0.717, 1.165) is 37.4 Å². The van der Waals surface area contributed by atoms with Gasteiger partial charge < -0.3 is 19.4 Å². The number of hydrogen-bond donors (Lipinski definition) is 1. The van der Waals surface area contributed by atoms with E-state index in [2.05, 4.69) is 17.1 Å². The highest BCUT2D eigenvalue weighted by molar-refractivity contribution is 5.85. The number of piperazine rings is 1. The second-order valence-electron chi connectivity index (χ2n) is 7.18. The third-order valence-electron chi connectivity index (χ3n) is 5.37. The number of carbonyl (C=O) groups is 2. The minimum atomic E-state index is 0.0266. The number of nitrogens with zero attached hydrogens (tertiary/aromatic N) is 3. The molecule has 7 heteroatoms. The fraction of sp³-hybridized carbons (Fsp3) is 0.600. The van der Waals surface area contributed by atoms with Gasteiger partial charge in [0.25, 0.3) is 0 Å². The first-order valence-corrected chi connectivity index (χ1v) is 9.79. The number of para-hydroxylation sites is 2. The van der Waals surface area contributed by atoms with Gasteiger partial charge in [-0.1, -0.05) is 25.5 Å². The van der Waals surface area contributed by atoms with E-state index in [-0.39, 0.29) is 24.4 Å². The quantitative estimate of drug-likeness (QED) is 0.813. The molecule has 2 aliphatic rings. The van der Waals surface area contributed by atoms with Crippen LogP contribution in [-0.4, -0.2) is 74.2 Å². The molecule has 3 rings (SSSR count). The van der Waals surface area contributed by atoms with Gasteiger partial charge in [-0.05, 0) is 18.6 Å². The second-order valence-corrected chi connectivity index (χ2v) is 7.18. The van der Waals surface area contributed by atoms with Crippen LogP contribution in [0.4, 0.5) is 5.69 Å². The Morgan fingerprint density at radius 3 is 2.63 bits per heavy atom. The molecular formula is C20H30N4O3. The summed E-state index contributed by atoms with van der Waals surface area (Å²) in [5.74, 6) is 0.955. The van der Waals surface area contributed by atoms with E-state index in [1.165, 1.54) is 0 Å². The van der Waals surface area contributed by atoms with Crippen molar-refractivity contribution in [2.45, 2.75) is 32.2 Å². The number of ether oxygens (including phenoxy) is 1. The molecule has 1 aromatic rings. The van der Waals surface area contributed by atoms with Crippen molar-refractivity contribution in [3.63, 3.8) is 0 Å². The largest absolute Gasteiger partial charge is 0.495 e. The normalized spacial score (nSPS) is 20.7. The van der Waals surface area contributed by atoms with Crippen LogP contribution < -0.4 is 15.0 Å². The molecule has 0 spiro atoms. The number of benzene rings is 1. The highest BCUT2D eigenvalue weighted by Crippen LogP contribution is 2.28. The molecular weight excluding hydrogens is 344 g/mol. The van der Waals surface area contributed by atoms with Crippen LogP contribution in [0.25, 0.3) is 0 Å². The third-order valence-corrected chi connectivity index (χ3v) is 5.37. The zero-order chi connectivity index (χ0) is 19.2. The average molecular weight is 374 g/mol. The number of methoxy groups -OCH3 is 1. The summed E-state index contributed by atoms with van der Waals surface area (Å²) in [5.41, 5.74) is 1.06. The van der Waals surface area contributed by atoms with E-state index >= 15 is 0 Å². The lowest BCUT2D eigenvalue weighted by molar-refractivity contribution is -0.143. The van der Waals surface area contributed by atoms with Crippen molar-refractivity contribution in [3.05, 3.63) is 24.3 Å². The zero-order valence-electron chi connectivity index (χ0n) is 16.3. The van der Waals surface area contributed by atoms with Gasteiger partial charge in [-0.25, -0.2) is 0 Å². The number of hydrogen-bond acceptors (Lipinski definition) is 5. The van der Waals surface area contributed by atoms with Gasteiger partial charge in [0.2, 0.25) is 11.8 Å². The maximum Gasteiger partial charge on any atom is 0.242 e. The predicted molar refractivity (Wildman–Crippen MR) is 105 cm³/mol. The van der Waals surface area contributed by atoms with Crippen LogP contribution >= 0.6 is 0 Å². The molecule has 0 radical (unpaired) electrons. The lowest BCUT2D eigenvalue weighted by Crippen LogP contribution is -2.56. The van der Waals surface area contributed by atoms with Crippen molar-refractivity contribution in [2.24, 2.45) is 0 Å². The molecule has 148 valence electrons. The Labute approximate surface area is 161 Å². The molecule has 1 N–H and O–H groups in total. The zero-order valence-corrected chi connectivity index (χ0v) is 16.3. The minimum Gasteiger partial charge on any atom is -0.495 e. The van der Waals surface area contributed by atoms with Gasteiger partial charge in [0.1, 0.15) is 12.3 Å². The molecule has 2 fully saturated rings. The Balaban J connectivity index is 1.50. The topological polar surface area (TPSA) is 65.1 Å². The number of rotatable bonds is 6. The third kappa shape index (κ3) is 4.71. The summed E-state index contributed by atoms with van der Waals surface area (Å²) < 4.78 is 5.44. The molecule has 2 heterocycles. The van der Waals surface area contributed by atoms with Gasteiger partial charge in [-0.3, -0.25) is 14.9 Å². The molecule has 0 aromatic heterocycles. The Bertz CT molecular complexity index is 658. The highest BCUT2D eigenvalue weighted by Gasteiger charge is 2.29. The van der Waals surface area contributed by atoms with Gasteiger partial charge >= 0.3 is 0 Å². The van der Waals surface area contributed by atoms with Crippen LogP contribution in [0, 0.1) is 0 Å². The summed E-state index contributed by atoms with van der Waals surface area (Å²) in [6.45, 7) is 5.59. The molecule has 0 saturated carbocycles. The molecule has 2 saturated heterocycles. The number of anilines is 1. The summed E-state index contributed by atoms with van der Waals surface area (Å²) in [6, 6.07) is 8.19. The first kappa shape index (κ1) is 19.5. The van der Waals surface area contributed by atoms with E-state index in [0.29, 0.717) is 26.2 Å². The number of nitrogens with one attached hydrogen (secondary N) is 1. The van der Waals surface area contributed by atoms with Crippen LogP contribution in [0.15, 0.2) is 24.3 Å². The summed E-state index contributed by atoms with van der Waals surface area (Å²) >= 11 is 0. The first-order valence-electron chi connectivity index (χ1n) is 9.79. The lowest BCUT2D eigenvalue weighted by atomic mass is 10.1. The fourth-order valence-corrected chi connectivity index (χ4v) is 3.79. The summed E-state index contributed by atoms with van der Waals surface area (Å²) in [7, 11) is 1.67. The molecule has 1 unspecified atom stereocenters. The summed E-state index contributed by atoms with van der Waals surface area (Å²) in [4.78, 5) is 30.7. The van der Waals surface area contributed by atoms with E-state index in [1.54, 1.807) is 12.0 Å². The fourth-order valence-electron chi connectivity index (χ4n) is 3.79. The van der Waals surface area contributed by atoms with Crippen molar-refractivity contribution >= 4 is 17.5 Å². The van der Waals surface area contributed by atoms with E-state index in [1.807, 2.05) is 29.2 Å². The maximum atomic E-state index is 12.6. The van der Waals surface area contributed by atoms with Crippen molar-refractivity contribution in [2.75, 3.05) is 51.4 Å². The maximum absolute atomic E-state index is 12.6. The van der Waals surface area contributed by atoms with Gasteiger partial charge in [0.15, 0.2) is 0 Å². The summed E-state index contributed by atoms with van der Waals surface area (Å²) in [6.07, 6.45) is 2.54. The number of amides is 2. The van der Waals surface area contributed by atoms with Crippen molar-refractivity contribution in [3.8, 4) is 5.75 Å². The standard InChI is InChI=1S/C20H30N4O3/c1-3-6-16-13-19(25)24(15-21-16)14-20(26)23-11-9-22(10-12-23)17-7-4-5-8-18(17)27-2/h4-5,7-8,16,21H,3,6,9-15H2,1-2H3. The van der Waals surface area contributed by atoms with E-state index in [9.17, 15) is 9.59 Å². The smallest absolute Gasteiger partial charge is 0.242 e. The summed E-state index contributed by atoms with van der Waals surface area (Å²) in [5, 5.41) is 3.36. The van der Waals surface area contributed by atoms with Gasteiger partial charge in [0.05, 0.1) is 19.5 Å². The Morgan fingerprint density at radius 1 is 1.22 bits per heavy atom. The first-order chi connectivity index (χ1) is 13.1. The molecule has 1 atom stereocenters. The van der Waals surface area contributed by atoms with Crippen molar-refractivity contribution in [1.82, 2.24) is 15.1 Å². The van der Waals surface area contributed by atoms with Crippen LogP contribution in [0.3, 0.4) is 0 Å².